The zero-order chi connectivity index (χ0) is 15.1. The molecule has 0 radical (unpaired) electrons. The summed E-state index contributed by atoms with van der Waals surface area (Å²) < 4.78 is 27.7. The van der Waals surface area contributed by atoms with Crippen LogP contribution in [0.2, 0.25) is 0 Å². The highest BCUT2D eigenvalue weighted by Gasteiger charge is 2.22. The van der Waals surface area contributed by atoms with Gasteiger partial charge < -0.3 is 10.3 Å². The average molecular weight is 313 g/mol. The monoisotopic (exact) mass is 313 g/mol. The van der Waals surface area contributed by atoms with Crippen LogP contribution >= 0.6 is 0 Å². The van der Waals surface area contributed by atoms with Crippen molar-refractivity contribution >= 4 is 10.0 Å². The third-order valence-corrected chi connectivity index (χ3v) is 5.45. The fourth-order valence-corrected chi connectivity index (χ4v) is 4.08. The van der Waals surface area contributed by atoms with Gasteiger partial charge in [-0.05, 0) is 31.9 Å². The first-order valence-corrected chi connectivity index (χ1v) is 9.50. The molecule has 2 rings (SSSR count). The van der Waals surface area contributed by atoms with E-state index in [0.717, 1.165) is 44.3 Å². The molecule has 0 amide bonds. The predicted octanol–water partition coefficient (Wildman–Crippen LogP) is 2.52. The summed E-state index contributed by atoms with van der Waals surface area (Å²) in [4.78, 5) is 3.39. The molecule has 0 atom stereocenters. The second kappa shape index (κ2) is 7.96. The lowest BCUT2D eigenvalue weighted by molar-refractivity contribution is 0.510. The molecule has 1 heterocycles. The first-order chi connectivity index (χ1) is 10.1. The van der Waals surface area contributed by atoms with E-state index in [-0.39, 0.29) is 6.04 Å². The van der Waals surface area contributed by atoms with Crippen LogP contribution in [0.3, 0.4) is 0 Å². The number of hydrogen-bond acceptors (Lipinski definition) is 3. The zero-order valence-electron chi connectivity index (χ0n) is 12.8. The Bertz CT molecular complexity index is 517. The SMILES string of the molecule is CCCNCc1cc(S(=O)(=O)NC2CCCCCC2)c[nH]1. The number of sulfonamides is 1. The maximum absolute atomic E-state index is 12.4. The molecule has 1 aliphatic carbocycles. The summed E-state index contributed by atoms with van der Waals surface area (Å²) in [7, 11) is -3.39. The molecule has 1 aromatic heterocycles. The van der Waals surface area contributed by atoms with Crippen LogP contribution in [0.4, 0.5) is 0 Å². The Morgan fingerprint density at radius 2 is 1.95 bits per heavy atom. The fourth-order valence-electron chi connectivity index (χ4n) is 2.76. The number of H-pyrrole nitrogens is 1. The quantitative estimate of drug-likeness (QED) is 0.535. The smallest absolute Gasteiger partial charge is 0.242 e. The molecule has 0 saturated heterocycles. The van der Waals surface area contributed by atoms with E-state index in [9.17, 15) is 8.42 Å². The lowest BCUT2D eigenvalue weighted by atomic mass is 10.1. The van der Waals surface area contributed by atoms with Crippen molar-refractivity contribution < 1.29 is 8.42 Å². The summed E-state index contributed by atoms with van der Waals surface area (Å²) >= 11 is 0. The third kappa shape index (κ3) is 5.13. The van der Waals surface area contributed by atoms with Gasteiger partial charge in [0.15, 0.2) is 0 Å². The highest BCUT2D eigenvalue weighted by molar-refractivity contribution is 7.89. The number of rotatable bonds is 7. The molecule has 1 fully saturated rings. The van der Waals surface area contributed by atoms with Gasteiger partial charge >= 0.3 is 0 Å². The number of hydrogen-bond donors (Lipinski definition) is 3. The van der Waals surface area contributed by atoms with Crippen LogP contribution in [0.15, 0.2) is 17.2 Å². The minimum Gasteiger partial charge on any atom is -0.363 e. The maximum atomic E-state index is 12.4. The third-order valence-electron chi connectivity index (χ3n) is 3.95. The Balaban J connectivity index is 1.95. The Morgan fingerprint density at radius 3 is 2.62 bits per heavy atom. The highest BCUT2D eigenvalue weighted by Crippen LogP contribution is 2.20. The topological polar surface area (TPSA) is 74.0 Å². The van der Waals surface area contributed by atoms with E-state index >= 15 is 0 Å². The van der Waals surface area contributed by atoms with Crippen molar-refractivity contribution in [1.82, 2.24) is 15.0 Å². The van der Waals surface area contributed by atoms with Crippen molar-refractivity contribution in [2.45, 2.75) is 69.4 Å². The van der Waals surface area contributed by atoms with Crippen molar-refractivity contribution in [3.05, 3.63) is 18.0 Å². The fraction of sp³-hybridized carbons (Fsp3) is 0.733. The summed E-state index contributed by atoms with van der Waals surface area (Å²) in [6.45, 7) is 3.71. The Hall–Kier alpha value is -0.850. The molecule has 120 valence electrons. The van der Waals surface area contributed by atoms with Gasteiger partial charge in [0.25, 0.3) is 0 Å². The second-order valence-electron chi connectivity index (χ2n) is 5.85. The predicted molar refractivity (Wildman–Crippen MR) is 84.6 cm³/mol. The summed E-state index contributed by atoms with van der Waals surface area (Å²) in [5, 5.41) is 3.26. The number of aromatic amines is 1. The number of aromatic nitrogens is 1. The normalized spacial score (nSPS) is 17.8. The second-order valence-corrected chi connectivity index (χ2v) is 7.56. The van der Waals surface area contributed by atoms with Crippen LogP contribution in [-0.2, 0) is 16.6 Å². The minimum atomic E-state index is -3.39. The molecular formula is C15H27N3O2S. The van der Waals surface area contributed by atoms with Gasteiger partial charge in [0, 0.05) is 24.5 Å². The lowest BCUT2D eigenvalue weighted by Gasteiger charge is -2.15. The van der Waals surface area contributed by atoms with E-state index in [1.165, 1.54) is 12.8 Å². The molecule has 1 saturated carbocycles. The van der Waals surface area contributed by atoms with E-state index in [1.54, 1.807) is 12.3 Å². The van der Waals surface area contributed by atoms with Gasteiger partial charge in [0.1, 0.15) is 0 Å². The highest BCUT2D eigenvalue weighted by atomic mass is 32.2. The van der Waals surface area contributed by atoms with Crippen LogP contribution < -0.4 is 10.0 Å². The van der Waals surface area contributed by atoms with Gasteiger partial charge in [0.05, 0.1) is 4.90 Å². The van der Waals surface area contributed by atoms with Crippen LogP contribution in [-0.4, -0.2) is 26.0 Å². The molecule has 0 bridgehead atoms. The van der Waals surface area contributed by atoms with Crippen molar-refractivity contribution in [3.63, 3.8) is 0 Å². The van der Waals surface area contributed by atoms with Gasteiger partial charge in [-0.3, -0.25) is 0 Å². The lowest BCUT2D eigenvalue weighted by Crippen LogP contribution is -2.34. The van der Waals surface area contributed by atoms with Gasteiger partial charge in [-0.1, -0.05) is 32.6 Å². The van der Waals surface area contributed by atoms with Gasteiger partial charge in [-0.2, -0.15) is 0 Å². The van der Waals surface area contributed by atoms with Crippen molar-refractivity contribution in [3.8, 4) is 0 Å². The van der Waals surface area contributed by atoms with Crippen LogP contribution in [0, 0.1) is 0 Å². The summed E-state index contributed by atoms with van der Waals surface area (Å²) in [5.74, 6) is 0. The van der Waals surface area contributed by atoms with Crippen LogP contribution in [0.1, 0.15) is 57.6 Å². The molecule has 0 aliphatic heterocycles. The summed E-state index contributed by atoms with van der Waals surface area (Å²) in [5.41, 5.74) is 0.907. The maximum Gasteiger partial charge on any atom is 0.242 e. The van der Waals surface area contributed by atoms with Crippen LogP contribution in [0.25, 0.3) is 0 Å². The number of nitrogens with one attached hydrogen (secondary N) is 3. The molecule has 0 unspecified atom stereocenters. The van der Waals surface area contributed by atoms with Crippen LogP contribution in [0.5, 0.6) is 0 Å². The van der Waals surface area contributed by atoms with Gasteiger partial charge in [0.2, 0.25) is 10.0 Å². The largest absolute Gasteiger partial charge is 0.363 e. The summed E-state index contributed by atoms with van der Waals surface area (Å²) in [6.07, 6.45) is 9.23. The van der Waals surface area contributed by atoms with E-state index in [4.69, 9.17) is 0 Å². The molecule has 3 N–H and O–H groups in total. The first-order valence-electron chi connectivity index (χ1n) is 8.02. The Morgan fingerprint density at radius 1 is 1.24 bits per heavy atom. The molecule has 6 heteroatoms. The first kappa shape index (κ1) is 16.5. The average Bonchev–Trinajstić information content (AvgIpc) is 2.79. The minimum absolute atomic E-state index is 0.0917. The van der Waals surface area contributed by atoms with E-state index < -0.39 is 10.0 Å². The van der Waals surface area contributed by atoms with Gasteiger partial charge in [-0.25, -0.2) is 13.1 Å². The molecule has 1 aliphatic rings. The van der Waals surface area contributed by atoms with Gasteiger partial charge in [-0.15, -0.1) is 0 Å². The van der Waals surface area contributed by atoms with Crippen molar-refractivity contribution in [2.75, 3.05) is 6.54 Å². The molecule has 1 aromatic rings. The molecule has 0 spiro atoms. The zero-order valence-corrected chi connectivity index (χ0v) is 13.6. The van der Waals surface area contributed by atoms with E-state index in [2.05, 4.69) is 21.9 Å². The Labute approximate surface area is 128 Å². The molecule has 0 aromatic carbocycles. The molecule has 5 nitrogen and oxygen atoms in total. The summed E-state index contributed by atoms with van der Waals surface area (Å²) in [6, 6.07) is 1.82. The van der Waals surface area contributed by atoms with Crippen molar-refractivity contribution in [2.24, 2.45) is 0 Å². The van der Waals surface area contributed by atoms with Crippen molar-refractivity contribution in [1.29, 1.82) is 0 Å². The molecular weight excluding hydrogens is 286 g/mol. The van der Waals surface area contributed by atoms with E-state index in [1.807, 2.05) is 0 Å². The van der Waals surface area contributed by atoms with E-state index in [0.29, 0.717) is 11.4 Å². The molecule has 21 heavy (non-hydrogen) atoms. The standard InChI is InChI=1S/C15H27N3O2S/c1-2-9-16-11-14-10-15(12-17-14)21(19,20)18-13-7-5-3-4-6-8-13/h10,12-13,16-18H,2-9,11H2,1H3. The Kier molecular flexibility index (Phi) is 6.26.